The number of rotatable bonds is 6. The molecule has 0 bridgehead atoms. The van der Waals surface area contributed by atoms with Crippen LogP contribution in [0, 0.1) is 13.8 Å². The van der Waals surface area contributed by atoms with E-state index in [1.165, 1.54) is 10.7 Å². The van der Waals surface area contributed by atoms with E-state index in [-0.39, 0.29) is 17.0 Å². The Morgan fingerprint density at radius 1 is 1.24 bits per heavy atom. The summed E-state index contributed by atoms with van der Waals surface area (Å²) in [6.45, 7) is 3.85. The SMILES string of the molecule is Cc1noc(C)c1-c1cc2c(cc1OC(=O)C(F)(F)F)CCc1c-2nn(CCCN)c1C(=O)O. The van der Waals surface area contributed by atoms with Gasteiger partial charge in [-0.3, -0.25) is 4.68 Å². The predicted molar refractivity (Wildman–Crippen MR) is 112 cm³/mol. The fraction of sp³-hybridized carbons (Fsp3) is 0.364. The van der Waals surface area contributed by atoms with E-state index in [2.05, 4.69) is 10.3 Å². The Kier molecular flexibility index (Phi) is 5.94. The molecule has 0 radical (unpaired) electrons. The monoisotopic (exact) mass is 478 g/mol. The summed E-state index contributed by atoms with van der Waals surface area (Å²) in [5, 5.41) is 18.1. The van der Waals surface area contributed by atoms with E-state index in [0.717, 1.165) is 0 Å². The molecule has 0 aliphatic heterocycles. The highest BCUT2D eigenvalue weighted by atomic mass is 19.4. The number of carbonyl (C=O) groups is 2. The maximum Gasteiger partial charge on any atom is 0.491 e. The average Bonchev–Trinajstić information content (AvgIpc) is 3.30. The van der Waals surface area contributed by atoms with Gasteiger partial charge in [0.05, 0.1) is 17.0 Å². The lowest BCUT2D eigenvalue weighted by molar-refractivity contribution is -0.189. The number of fused-ring (bicyclic) bond motifs is 3. The van der Waals surface area contributed by atoms with Gasteiger partial charge in [-0.2, -0.15) is 18.3 Å². The fourth-order valence-electron chi connectivity index (χ4n) is 4.21. The number of aromatic carboxylic acids is 1. The van der Waals surface area contributed by atoms with Crippen LogP contribution in [-0.2, 0) is 24.2 Å². The lowest BCUT2D eigenvalue weighted by Gasteiger charge is -2.20. The quantitative estimate of drug-likeness (QED) is 0.407. The zero-order valence-electron chi connectivity index (χ0n) is 18.3. The number of carboxylic acids is 1. The van der Waals surface area contributed by atoms with E-state index in [1.807, 2.05) is 0 Å². The minimum Gasteiger partial charge on any atom is -0.477 e. The number of nitrogens with two attached hydrogens (primary N) is 1. The first-order chi connectivity index (χ1) is 16.0. The van der Waals surface area contributed by atoms with Gasteiger partial charge < -0.3 is 20.1 Å². The molecule has 0 saturated heterocycles. The summed E-state index contributed by atoms with van der Waals surface area (Å²) >= 11 is 0. The molecule has 0 spiro atoms. The second kappa shape index (κ2) is 8.60. The Morgan fingerprint density at radius 2 is 1.97 bits per heavy atom. The molecule has 9 nitrogen and oxygen atoms in total. The minimum atomic E-state index is -5.18. The number of benzene rings is 1. The van der Waals surface area contributed by atoms with Crippen LogP contribution in [0.25, 0.3) is 22.4 Å². The van der Waals surface area contributed by atoms with E-state index < -0.39 is 18.1 Å². The molecule has 2 aromatic heterocycles. The standard InChI is InChI=1S/C22H21F3N4O5/c1-10-17(11(2)34-28-10)15-9-14-12(8-16(15)33-21(32)22(23,24)25)4-5-13-18(14)27-29(7-3-6-26)19(13)20(30)31/h8-9H,3-7,26H2,1-2H3,(H,30,31). The summed E-state index contributed by atoms with van der Waals surface area (Å²) in [4.78, 5) is 23.6. The first-order valence-corrected chi connectivity index (χ1v) is 10.5. The summed E-state index contributed by atoms with van der Waals surface area (Å²) < 4.78 is 50.1. The Bertz CT molecular complexity index is 1270. The number of aromatic nitrogens is 3. The number of carbonyl (C=O) groups excluding carboxylic acids is 1. The summed E-state index contributed by atoms with van der Waals surface area (Å²) in [6, 6.07) is 2.91. The highest BCUT2D eigenvalue weighted by Gasteiger charge is 2.42. The van der Waals surface area contributed by atoms with Crippen LogP contribution in [-0.4, -0.2) is 44.7 Å². The van der Waals surface area contributed by atoms with E-state index in [1.54, 1.807) is 19.9 Å². The number of carboxylic acid groups (broad SMARTS) is 1. The maximum absolute atomic E-state index is 12.9. The van der Waals surface area contributed by atoms with Crippen LogP contribution in [0.4, 0.5) is 13.2 Å². The van der Waals surface area contributed by atoms with Crippen molar-refractivity contribution < 1.29 is 37.1 Å². The highest BCUT2D eigenvalue weighted by molar-refractivity contribution is 5.92. The van der Waals surface area contributed by atoms with E-state index in [4.69, 9.17) is 15.0 Å². The second-order valence-corrected chi connectivity index (χ2v) is 7.94. The topological polar surface area (TPSA) is 133 Å². The Balaban J connectivity index is 1.93. The van der Waals surface area contributed by atoms with Gasteiger partial charge in [0.2, 0.25) is 0 Å². The van der Waals surface area contributed by atoms with E-state index >= 15 is 0 Å². The third-order valence-electron chi connectivity index (χ3n) is 5.67. The van der Waals surface area contributed by atoms with Crippen LogP contribution in [0.1, 0.15) is 39.5 Å². The molecule has 1 aliphatic carbocycles. The molecule has 0 fully saturated rings. The molecule has 2 heterocycles. The number of aryl methyl sites for hydroxylation is 4. The van der Waals surface area contributed by atoms with Crippen molar-refractivity contribution in [2.45, 2.75) is 45.8 Å². The number of hydrogen-bond acceptors (Lipinski definition) is 7. The van der Waals surface area contributed by atoms with Crippen molar-refractivity contribution in [1.29, 1.82) is 0 Å². The van der Waals surface area contributed by atoms with Crippen molar-refractivity contribution in [3.8, 4) is 28.1 Å². The number of hydrogen-bond donors (Lipinski definition) is 2. The molecule has 0 unspecified atom stereocenters. The van der Waals surface area contributed by atoms with Crippen molar-refractivity contribution in [3.63, 3.8) is 0 Å². The fourth-order valence-corrected chi connectivity index (χ4v) is 4.21. The van der Waals surface area contributed by atoms with Gasteiger partial charge in [0, 0.05) is 23.2 Å². The molecule has 4 rings (SSSR count). The average molecular weight is 478 g/mol. The van der Waals surface area contributed by atoms with Crippen LogP contribution in [0.15, 0.2) is 16.7 Å². The largest absolute Gasteiger partial charge is 0.491 e. The Labute approximate surface area is 191 Å². The van der Waals surface area contributed by atoms with Crippen LogP contribution >= 0.6 is 0 Å². The predicted octanol–water partition coefficient (Wildman–Crippen LogP) is 3.44. The molecular formula is C22H21F3N4O5. The molecule has 12 heteroatoms. The minimum absolute atomic E-state index is 0.0561. The zero-order valence-corrected chi connectivity index (χ0v) is 18.3. The van der Waals surface area contributed by atoms with Gasteiger partial charge in [-0.25, -0.2) is 9.59 Å². The van der Waals surface area contributed by atoms with Crippen molar-refractivity contribution in [3.05, 3.63) is 40.4 Å². The van der Waals surface area contributed by atoms with Crippen molar-refractivity contribution >= 4 is 11.9 Å². The molecule has 0 amide bonds. The lowest BCUT2D eigenvalue weighted by atomic mass is 9.86. The zero-order chi connectivity index (χ0) is 24.8. The summed E-state index contributed by atoms with van der Waals surface area (Å²) in [7, 11) is 0. The number of esters is 1. The molecule has 3 aromatic rings. The van der Waals surface area contributed by atoms with Gasteiger partial charge in [-0.15, -0.1) is 0 Å². The normalized spacial score (nSPS) is 12.9. The highest BCUT2D eigenvalue weighted by Crippen LogP contribution is 2.43. The summed E-state index contributed by atoms with van der Waals surface area (Å²) in [5.74, 6) is -3.45. The van der Waals surface area contributed by atoms with Gasteiger partial charge in [0.25, 0.3) is 0 Å². The van der Waals surface area contributed by atoms with E-state index in [0.29, 0.717) is 71.8 Å². The smallest absolute Gasteiger partial charge is 0.477 e. The van der Waals surface area contributed by atoms with Gasteiger partial charge >= 0.3 is 18.1 Å². The summed E-state index contributed by atoms with van der Waals surface area (Å²) in [6.07, 6.45) is -4.03. The molecule has 0 atom stereocenters. The maximum atomic E-state index is 12.9. The van der Waals surface area contributed by atoms with Crippen molar-refractivity contribution in [2.75, 3.05) is 6.54 Å². The van der Waals surface area contributed by atoms with Gasteiger partial charge in [0.15, 0.2) is 0 Å². The third kappa shape index (κ3) is 4.04. The van der Waals surface area contributed by atoms with Crippen LogP contribution in [0.2, 0.25) is 0 Å². The number of halogens is 3. The van der Waals surface area contributed by atoms with Crippen LogP contribution < -0.4 is 10.5 Å². The molecule has 1 aliphatic rings. The first-order valence-electron chi connectivity index (χ1n) is 10.5. The molecule has 1 aromatic carbocycles. The third-order valence-corrected chi connectivity index (χ3v) is 5.67. The van der Waals surface area contributed by atoms with Crippen LogP contribution in [0.5, 0.6) is 5.75 Å². The number of ether oxygens (including phenoxy) is 1. The molecule has 3 N–H and O–H groups in total. The second-order valence-electron chi connectivity index (χ2n) is 7.94. The van der Waals surface area contributed by atoms with Crippen molar-refractivity contribution in [1.82, 2.24) is 14.9 Å². The summed E-state index contributed by atoms with van der Waals surface area (Å²) in [5.41, 5.74) is 8.61. The van der Waals surface area contributed by atoms with Gasteiger partial charge in [0.1, 0.15) is 17.2 Å². The number of alkyl halides is 3. The van der Waals surface area contributed by atoms with E-state index in [9.17, 15) is 27.9 Å². The van der Waals surface area contributed by atoms with Gasteiger partial charge in [-0.05, 0) is 57.4 Å². The van der Waals surface area contributed by atoms with Crippen molar-refractivity contribution in [2.24, 2.45) is 5.73 Å². The molecule has 34 heavy (non-hydrogen) atoms. The van der Waals surface area contributed by atoms with Gasteiger partial charge in [-0.1, -0.05) is 5.16 Å². The Hall–Kier alpha value is -3.67. The molecule has 180 valence electrons. The molecule has 0 saturated carbocycles. The Morgan fingerprint density at radius 3 is 2.56 bits per heavy atom. The lowest BCUT2D eigenvalue weighted by Crippen LogP contribution is -2.28. The number of nitrogens with zero attached hydrogens (tertiary/aromatic N) is 3. The first kappa shape index (κ1) is 23.5. The van der Waals surface area contributed by atoms with Crippen LogP contribution in [0.3, 0.4) is 0 Å². The molecular weight excluding hydrogens is 457 g/mol.